The van der Waals surface area contributed by atoms with Gasteiger partial charge < -0.3 is 5.11 Å². The molecule has 10 heavy (non-hydrogen) atoms. The van der Waals surface area contributed by atoms with Crippen LogP contribution >= 0.6 is 36.2 Å². The van der Waals surface area contributed by atoms with Crippen LogP contribution in [0.2, 0.25) is 0 Å². The molecule has 0 bridgehead atoms. The smallest absolute Gasteiger partial charge is 0.111 e. The lowest BCUT2D eigenvalue weighted by atomic mass is 10.5. The van der Waals surface area contributed by atoms with Gasteiger partial charge in [0, 0.05) is 22.0 Å². The molecule has 1 aliphatic heterocycles. The lowest BCUT2D eigenvalue weighted by molar-refractivity contribution is 0.265. The first kappa shape index (κ1) is 9.10. The number of aliphatic hydroxyl groups is 1. The fourth-order valence-electron chi connectivity index (χ4n) is 0.604. The third kappa shape index (κ3) is 2.57. The first-order valence-corrected chi connectivity index (χ1v) is 5.91. The summed E-state index contributed by atoms with van der Waals surface area (Å²) in [6.45, 7) is 1.92. The third-order valence-electron chi connectivity index (χ3n) is 1.35. The molecular weight excluding hydrogens is 184 g/mol. The molecule has 1 heterocycles. The van der Waals surface area contributed by atoms with Crippen molar-refractivity contribution in [3.8, 4) is 0 Å². The Morgan fingerprint density at radius 1 is 1.70 bits per heavy atom. The SMILES string of the molecule is CC(S)C(O)SC1CSC1. The van der Waals surface area contributed by atoms with E-state index in [-0.39, 0.29) is 10.7 Å². The highest BCUT2D eigenvalue weighted by Gasteiger charge is 2.23. The van der Waals surface area contributed by atoms with Crippen LogP contribution in [0.25, 0.3) is 0 Å². The van der Waals surface area contributed by atoms with E-state index in [9.17, 15) is 5.11 Å². The van der Waals surface area contributed by atoms with Crippen LogP contribution in [0.15, 0.2) is 0 Å². The lowest BCUT2D eigenvalue weighted by Gasteiger charge is -2.27. The van der Waals surface area contributed by atoms with Crippen LogP contribution in [0, 0.1) is 0 Å². The van der Waals surface area contributed by atoms with Crippen LogP contribution in [0.5, 0.6) is 0 Å². The van der Waals surface area contributed by atoms with E-state index in [1.165, 1.54) is 11.5 Å². The number of thiol groups is 1. The zero-order valence-corrected chi connectivity index (χ0v) is 8.38. The standard InChI is InChI=1S/C6H12OS3/c1-4(8)6(7)10-5-2-9-3-5/h4-8H,2-3H2,1H3. The van der Waals surface area contributed by atoms with Gasteiger partial charge in [0.05, 0.1) is 0 Å². The van der Waals surface area contributed by atoms with E-state index in [1.807, 2.05) is 18.7 Å². The van der Waals surface area contributed by atoms with Crippen molar-refractivity contribution in [3.05, 3.63) is 0 Å². The van der Waals surface area contributed by atoms with Crippen LogP contribution in [-0.2, 0) is 0 Å². The molecular formula is C6H12OS3. The molecule has 0 amide bonds. The molecule has 1 saturated heterocycles. The summed E-state index contributed by atoms with van der Waals surface area (Å²) >= 11 is 7.75. The predicted octanol–water partition coefficient (Wildman–Crippen LogP) is 1.47. The van der Waals surface area contributed by atoms with Gasteiger partial charge in [-0.15, -0.1) is 11.8 Å². The Morgan fingerprint density at radius 3 is 2.60 bits per heavy atom. The molecule has 60 valence electrons. The van der Waals surface area contributed by atoms with Crippen molar-refractivity contribution < 1.29 is 5.11 Å². The summed E-state index contributed by atoms with van der Waals surface area (Å²) in [6.07, 6.45) is 0. The average Bonchev–Trinajstić information content (AvgIpc) is 1.77. The molecule has 2 unspecified atom stereocenters. The normalized spacial score (nSPS) is 25.5. The van der Waals surface area contributed by atoms with E-state index < -0.39 is 0 Å². The maximum absolute atomic E-state index is 9.34. The fraction of sp³-hybridized carbons (Fsp3) is 1.00. The largest absolute Gasteiger partial charge is 0.381 e. The molecule has 0 aromatic carbocycles. The van der Waals surface area contributed by atoms with Gasteiger partial charge in [-0.05, 0) is 0 Å². The quantitative estimate of drug-likeness (QED) is 0.527. The number of rotatable bonds is 3. The minimum Gasteiger partial charge on any atom is -0.381 e. The Morgan fingerprint density at radius 2 is 2.30 bits per heavy atom. The van der Waals surface area contributed by atoms with E-state index in [2.05, 4.69) is 12.6 Å². The Kier molecular flexibility index (Phi) is 3.77. The molecule has 0 spiro atoms. The maximum Gasteiger partial charge on any atom is 0.111 e. The molecule has 2 atom stereocenters. The molecule has 0 aromatic rings. The van der Waals surface area contributed by atoms with Gasteiger partial charge in [-0.3, -0.25) is 0 Å². The predicted molar refractivity (Wildman–Crippen MR) is 53.2 cm³/mol. The van der Waals surface area contributed by atoms with Gasteiger partial charge in [0.2, 0.25) is 0 Å². The van der Waals surface area contributed by atoms with Gasteiger partial charge in [-0.2, -0.15) is 24.4 Å². The molecule has 0 radical (unpaired) electrons. The van der Waals surface area contributed by atoms with Gasteiger partial charge in [0.1, 0.15) is 5.44 Å². The zero-order valence-electron chi connectivity index (χ0n) is 5.86. The van der Waals surface area contributed by atoms with Crippen LogP contribution in [-0.4, -0.2) is 32.5 Å². The van der Waals surface area contributed by atoms with E-state index >= 15 is 0 Å². The topological polar surface area (TPSA) is 20.2 Å². The van der Waals surface area contributed by atoms with Gasteiger partial charge in [0.15, 0.2) is 0 Å². The first-order valence-electron chi connectivity index (χ1n) is 3.29. The van der Waals surface area contributed by atoms with E-state index in [4.69, 9.17) is 0 Å². The molecule has 1 N–H and O–H groups in total. The van der Waals surface area contributed by atoms with E-state index in [1.54, 1.807) is 11.8 Å². The van der Waals surface area contributed by atoms with Crippen LogP contribution in [0.4, 0.5) is 0 Å². The van der Waals surface area contributed by atoms with Crippen molar-refractivity contribution in [1.82, 2.24) is 0 Å². The Hall–Kier alpha value is 1.01. The summed E-state index contributed by atoms with van der Waals surface area (Å²) in [5.74, 6) is 2.39. The van der Waals surface area contributed by atoms with Crippen LogP contribution in [0.1, 0.15) is 6.92 Å². The van der Waals surface area contributed by atoms with Crippen molar-refractivity contribution in [3.63, 3.8) is 0 Å². The van der Waals surface area contributed by atoms with Gasteiger partial charge in [0.25, 0.3) is 0 Å². The highest BCUT2D eigenvalue weighted by atomic mass is 32.2. The minimum absolute atomic E-state index is 0.0931. The summed E-state index contributed by atoms with van der Waals surface area (Å²) < 4.78 is 0. The van der Waals surface area contributed by atoms with E-state index in [0.29, 0.717) is 5.25 Å². The molecule has 1 nitrogen and oxygen atoms in total. The molecule has 1 aliphatic rings. The molecule has 0 aromatic heterocycles. The summed E-state index contributed by atoms with van der Waals surface area (Å²) in [6, 6.07) is 0. The Bertz CT molecular complexity index is 103. The summed E-state index contributed by atoms with van der Waals surface area (Å²) in [4.78, 5) is 0. The zero-order chi connectivity index (χ0) is 7.56. The maximum atomic E-state index is 9.34. The molecule has 0 aliphatic carbocycles. The molecule has 0 saturated carbocycles. The second kappa shape index (κ2) is 4.14. The number of thioether (sulfide) groups is 2. The van der Waals surface area contributed by atoms with Crippen molar-refractivity contribution in [1.29, 1.82) is 0 Å². The minimum atomic E-state index is -0.283. The number of hydrogen-bond acceptors (Lipinski definition) is 4. The molecule has 1 rings (SSSR count). The first-order chi connectivity index (χ1) is 4.70. The van der Waals surface area contributed by atoms with E-state index in [0.717, 1.165) is 0 Å². The monoisotopic (exact) mass is 196 g/mol. The second-order valence-corrected chi connectivity index (χ2v) is 5.74. The van der Waals surface area contributed by atoms with Crippen LogP contribution < -0.4 is 0 Å². The number of aliphatic hydroxyl groups excluding tert-OH is 1. The molecule has 4 heteroatoms. The van der Waals surface area contributed by atoms with Gasteiger partial charge >= 0.3 is 0 Å². The lowest BCUT2D eigenvalue weighted by Crippen LogP contribution is -2.26. The van der Waals surface area contributed by atoms with Crippen molar-refractivity contribution in [2.45, 2.75) is 22.9 Å². The van der Waals surface area contributed by atoms with Gasteiger partial charge in [-0.25, -0.2) is 0 Å². The Labute approximate surface area is 75.8 Å². The van der Waals surface area contributed by atoms with Crippen molar-refractivity contribution in [2.24, 2.45) is 0 Å². The molecule has 1 fully saturated rings. The summed E-state index contributed by atoms with van der Waals surface area (Å²) in [5.41, 5.74) is -0.283. The highest BCUT2D eigenvalue weighted by molar-refractivity contribution is 8.07. The van der Waals surface area contributed by atoms with Crippen LogP contribution in [0.3, 0.4) is 0 Å². The fourth-order valence-corrected chi connectivity index (χ4v) is 3.07. The average molecular weight is 196 g/mol. The van der Waals surface area contributed by atoms with Gasteiger partial charge in [-0.1, -0.05) is 6.92 Å². The van der Waals surface area contributed by atoms with Crippen molar-refractivity contribution in [2.75, 3.05) is 11.5 Å². The summed E-state index contributed by atoms with van der Waals surface area (Å²) in [5, 5.41) is 10.1. The second-order valence-electron chi connectivity index (χ2n) is 2.43. The highest BCUT2D eigenvalue weighted by Crippen LogP contribution is 2.32. The van der Waals surface area contributed by atoms with Crippen molar-refractivity contribution >= 4 is 36.2 Å². The third-order valence-corrected chi connectivity index (χ3v) is 4.94. The summed E-state index contributed by atoms with van der Waals surface area (Å²) in [7, 11) is 0. The Balaban J connectivity index is 2.10. The number of hydrogen-bond donors (Lipinski definition) is 2.